The highest BCUT2D eigenvalue weighted by molar-refractivity contribution is 5.79. The summed E-state index contributed by atoms with van der Waals surface area (Å²) in [5, 5.41) is 0. The van der Waals surface area contributed by atoms with E-state index in [2.05, 4.69) is 38.5 Å². The van der Waals surface area contributed by atoms with E-state index in [4.69, 9.17) is 10.7 Å². The maximum atomic E-state index is 6.38. The van der Waals surface area contributed by atoms with Gasteiger partial charge in [0.1, 0.15) is 5.82 Å². The number of para-hydroxylation sites is 1. The minimum absolute atomic E-state index is 0.352. The second-order valence-corrected chi connectivity index (χ2v) is 5.10. The molecule has 2 N–H and O–H groups in total. The fraction of sp³-hybridized carbons (Fsp3) is 0.500. The van der Waals surface area contributed by atoms with Gasteiger partial charge in [-0.15, -0.1) is 0 Å². The van der Waals surface area contributed by atoms with Gasteiger partial charge in [0.05, 0.1) is 16.6 Å². The Bertz CT molecular complexity index is 538. The van der Waals surface area contributed by atoms with Gasteiger partial charge in [-0.2, -0.15) is 0 Å². The van der Waals surface area contributed by atoms with Crippen LogP contribution in [0.1, 0.15) is 38.1 Å². The largest absolute Gasteiger partial charge is 0.329 e. The van der Waals surface area contributed by atoms with Gasteiger partial charge in [0.2, 0.25) is 0 Å². The van der Waals surface area contributed by atoms with Crippen molar-refractivity contribution in [3.05, 3.63) is 29.6 Å². The molecule has 1 unspecified atom stereocenters. The van der Waals surface area contributed by atoms with Crippen LogP contribution in [0.15, 0.2) is 18.2 Å². The zero-order valence-corrected chi connectivity index (χ0v) is 11.1. The van der Waals surface area contributed by atoms with Gasteiger partial charge in [0.25, 0.3) is 0 Å². The van der Waals surface area contributed by atoms with Crippen molar-refractivity contribution in [3.63, 3.8) is 0 Å². The van der Waals surface area contributed by atoms with Crippen LogP contribution in [0, 0.1) is 6.92 Å². The monoisotopic (exact) mass is 231 g/mol. The molecule has 0 radical (unpaired) electrons. The molecule has 1 heterocycles. The molecule has 1 aromatic heterocycles. The predicted octanol–water partition coefficient (Wildman–Crippen LogP) is 2.86. The maximum Gasteiger partial charge on any atom is 0.129 e. The van der Waals surface area contributed by atoms with E-state index in [1.54, 1.807) is 0 Å². The summed E-state index contributed by atoms with van der Waals surface area (Å²) >= 11 is 0. The van der Waals surface area contributed by atoms with E-state index in [0.717, 1.165) is 24.2 Å². The van der Waals surface area contributed by atoms with Crippen LogP contribution in [-0.2, 0) is 12.6 Å². The first-order valence-corrected chi connectivity index (χ1v) is 6.18. The molecule has 2 aromatic rings. The molecular formula is C14H21N3. The average Bonchev–Trinajstić information content (AvgIpc) is 2.58. The summed E-state index contributed by atoms with van der Waals surface area (Å²) < 4.78 is 2.14. The van der Waals surface area contributed by atoms with Crippen molar-refractivity contribution in [2.45, 2.75) is 39.2 Å². The number of hydrogen-bond acceptors (Lipinski definition) is 2. The Hall–Kier alpha value is -1.35. The zero-order chi connectivity index (χ0) is 12.6. The molecule has 0 aliphatic carbocycles. The third-order valence-electron chi connectivity index (χ3n) is 3.38. The van der Waals surface area contributed by atoms with E-state index in [1.165, 1.54) is 11.1 Å². The highest BCUT2D eigenvalue weighted by Crippen LogP contribution is 2.27. The van der Waals surface area contributed by atoms with Crippen LogP contribution in [-0.4, -0.2) is 9.55 Å². The summed E-state index contributed by atoms with van der Waals surface area (Å²) in [4.78, 5) is 4.70. The summed E-state index contributed by atoms with van der Waals surface area (Å²) in [7, 11) is 2.05. The summed E-state index contributed by atoms with van der Waals surface area (Å²) in [6.07, 6.45) is 2.01. The molecule has 1 atom stereocenters. The van der Waals surface area contributed by atoms with Crippen LogP contribution in [0.3, 0.4) is 0 Å². The first kappa shape index (κ1) is 12.1. The minimum atomic E-state index is -0.352. The fourth-order valence-electron chi connectivity index (χ4n) is 2.61. The SMILES string of the molecule is CCCC(C)(N)c1nc2cccc(C)c2n1C. The van der Waals surface area contributed by atoms with Gasteiger partial charge in [-0.1, -0.05) is 25.5 Å². The van der Waals surface area contributed by atoms with Gasteiger partial charge < -0.3 is 10.3 Å². The molecule has 17 heavy (non-hydrogen) atoms. The van der Waals surface area contributed by atoms with Crippen molar-refractivity contribution in [2.75, 3.05) is 0 Å². The molecule has 0 fully saturated rings. The summed E-state index contributed by atoms with van der Waals surface area (Å²) in [6.45, 7) is 6.33. The molecule has 0 amide bonds. The first-order valence-electron chi connectivity index (χ1n) is 6.18. The molecule has 0 saturated carbocycles. The Morgan fingerprint density at radius 2 is 2.12 bits per heavy atom. The Morgan fingerprint density at radius 1 is 1.41 bits per heavy atom. The van der Waals surface area contributed by atoms with E-state index in [9.17, 15) is 0 Å². The van der Waals surface area contributed by atoms with Gasteiger partial charge in [-0.25, -0.2) is 4.98 Å². The van der Waals surface area contributed by atoms with Crippen molar-refractivity contribution < 1.29 is 0 Å². The quantitative estimate of drug-likeness (QED) is 0.882. The number of nitrogens with zero attached hydrogens (tertiary/aromatic N) is 2. The molecule has 1 aromatic carbocycles. The number of imidazole rings is 1. The predicted molar refractivity (Wildman–Crippen MR) is 71.9 cm³/mol. The minimum Gasteiger partial charge on any atom is -0.329 e. The molecule has 0 aliphatic heterocycles. The van der Waals surface area contributed by atoms with E-state index in [0.29, 0.717) is 0 Å². The van der Waals surface area contributed by atoms with Gasteiger partial charge >= 0.3 is 0 Å². The first-order chi connectivity index (χ1) is 7.97. The van der Waals surface area contributed by atoms with Crippen LogP contribution < -0.4 is 5.73 Å². The van der Waals surface area contributed by atoms with Gasteiger partial charge in [-0.3, -0.25) is 0 Å². The Kier molecular flexibility index (Phi) is 2.96. The van der Waals surface area contributed by atoms with Crippen LogP contribution in [0.4, 0.5) is 0 Å². The molecule has 0 aliphatic rings. The molecule has 0 saturated heterocycles. The maximum absolute atomic E-state index is 6.38. The number of aromatic nitrogens is 2. The topological polar surface area (TPSA) is 43.8 Å². The molecule has 2 rings (SSSR count). The summed E-state index contributed by atoms with van der Waals surface area (Å²) in [5.74, 6) is 0.976. The van der Waals surface area contributed by atoms with E-state index in [1.807, 2.05) is 12.1 Å². The van der Waals surface area contributed by atoms with Crippen molar-refractivity contribution in [1.82, 2.24) is 9.55 Å². The number of benzene rings is 1. The van der Waals surface area contributed by atoms with Gasteiger partial charge in [-0.05, 0) is 31.9 Å². The van der Waals surface area contributed by atoms with Crippen molar-refractivity contribution in [1.29, 1.82) is 0 Å². The molecule has 3 heteroatoms. The number of rotatable bonds is 3. The van der Waals surface area contributed by atoms with Crippen molar-refractivity contribution in [2.24, 2.45) is 12.8 Å². The van der Waals surface area contributed by atoms with Crippen LogP contribution in [0.5, 0.6) is 0 Å². The van der Waals surface area contributed by atoms with Crippen molar-refractivity contribution in [3.8, 4) is 0 Å². The summed E-state index contributed by atoms with van der Waals surface area (Å²) in [5.41, 5.74) is 9.50. The highest BCUT2D eigenvalue weighted by atomic mass is 15.1. The van der Waals surface area contributed by atoms with Crippen LogP contribution in [0.25, 0.3) is 11.0 Å². The molecular weight excluding hydrogens is 210 g/mol. The average molecular weight is 231 g/mol. The lowest BCUT2D eigenvalue weighted by atomic mass is 9.97. The van der Waals surface area contributed by atoms with Crippen molar-refractivity contribution >= 4 is 11.0 Å². The number of aryl methyl sites for hydroxylation is 2. The van der Waals surface area contributed by atoms with E-state index >= 15 is 0 Å². The Labute approximate surface area is 103 Å². The van der Waals surface area contributed by atoms with Gasteiger partial charge in [0.15, 0.2) is 0 Å². The number of hydrogen-bond donors (Lipinski definition) is 1. The number of fused-ring (bicyclic) bond motifs is 1. The lowest BCUT2D eigenvalue weighted by Crippen LogP contribution is -2.35. The second kappa shape index (κ2) is 4.15. The third kappa shape index (κ3) is 1.95. The van der Waals surface area contributed by atoms with Crippen LogP contribution >= 0.6 is 0 Å². The normalized spacial score (nSPS) is 15.1. The third-order valence-corrected chi connectivity index (χ3v) is 3.38. The lowest BCUT2D eigenvalue weighted by molar-refractivity contribution is 0.410. The van der Waals surface area contributed by atoms with E-state index < -0.39 is 0 Å². The molecule has 0 spiro atoms. The fourth-order valence-corrected chi connectivity index (χ4v) is 2.61. The summed E-state index contributed by atoms with van der Waals surface area (Å²) in [6, 6.07) is 6.21. The molecule has 92 valence electrons. The standard InChI is InChI=1S/C14H21N3/c1-5-9-14(3,15)13-16-11-8-6-7-10(2)12(11)17(13)4/h6-8H,5,9,15H2,1-4H3. The van der Waals surface area contributed by atoms with Gasteiger partial charge in [0, 0.05) is 7.05 Å². The second-order valence-electron chi connectivity index (χ2n) is 5.10. The molecule has 0 bridgehead atoms. The highest BCUT2D eigenvalue weighted by Gasteiger charge is 2.26. The Morgan fingerprint density at radius 3 is 2.71 bits per heavy atom. The molecule has 3 nitrogen and oxygen atoms in total. The number of nitrogens with two attached hydrogens (primary N) is 1. The lowest BCUT2D eigenvalue weighted by Gasteiger charge is -2.23. The van der Waals surface area contributed by atoms with Crippen LogP contribution in [0.2, 0.25) is 0 Å². The Balaban J connectivity index is 2.64. The zero-order valence-electron chi connectivity index (χ0n) is 11.1. The van der Waals surface area contributed by atoms with E-state index in [-0.39, 0.29) is 5.54 Å². The smallest absolute Gasteiger partial charge is 0.129 e.